The molecule has 0 radical (unpaired) electrons. The molecule has 7 heteroatoms. The highest BCUT2D eigenvalue weighted by Gasteiger charge is 2.34. The van der Waals surface area contributed by atoms with Crippen molar-refractivity contribution in [3.63, 3.8) is 0 Å². The third-order valence-corrected chi connectivity index (χ3v) is 4.66. The molecule has 1 aromatic heterocycles. The molecular formula is C14H15N3O3S. The van der Waals surface area contributed by atoms with E-state index >= 15 is 0 Å². The van der Waals surface area contributed by atoms with Gasteiger partial charge in [0.1, 0.15) is 6.04 Å². The van der Waals surface area contributed by atoms with Gasteiger partial charge in [-0.1, -0.05) is 18.2 Å². The first-order valence-corrected chi connectivity index (χ1v) is 7.78. The quantitative estimate of drug-likeness (QED) is 0.903. The molecule has 1 aliphatic heterocycles. The number of fused-ring (bicyclic) bond motifs is 1. The summed E-state index contributed by atoms with van der Waals surface area (Å²) in [4.78, 5) is 25.5. The molecule has 1 N–H and O–H groups in total. The molecule has 1 fully saturated rings. The van der Waals surface area contributed by atoms with Gasteiger partial charge >= 0.3 is 5.97 Å². The molecule has 0 bridgehead atoms. The highest BCUT2D eigenvalue weighted by Crippen LogP contribution is 2.23. The van der Waals surface area contributed by atoms with Gasteiger partial charge < -0.3 is 10.0 Å². The molecule has 110 valence electrons. The van der Waals surface area contributed by atoms with Crippen LogP contribution < -0.4 is 0 Å². The number of carbonyl (C=O) groups excluding carboxylic acids is 1. The summed E-state index contributed by atoms with van der Waals surface area (Å²) in [7, 11) is 1.78. The van der Waals surface area contributed by atoms with Gasteiger partial charge in [-0.25, -0.2) is 4.79 Å². The SMILES string of the molecule is Cn1nc(C(=O)N2CCSCC2C(=O)O)c2ccccc21. The summed E-state index contributed by atoms with van der Waals surface area (Å²) < 4.78 is 1.65. The van der Waals surface area contributed by atoms with Crippen LogP contribution >= 0.6 is 11.8 Å². The third kappa shape index (κ3) is 2.37. The van der Waals surface area contributed by atoms with E-state index in [0.717, 1.165) is 16.7 Å². The molecule has 1 saturated heterocycles. The minimum Gasteiger partial charge on any atom is -0.480 e. The average Bonchev–Trinajstić information content (AvgIpc) is 2.84. The summed E-state index contributed by atoms with van der Waals surface area (Å²) in [6.07, 6.45) is 0. The fraction of sp³-hybridized carbons (Fsp3) is 0.357. The minimum absolute atomic E-state index is 0.306. The molecule has 1 amide bonds. The van der Waals surface area contributed by atoms with Crippen molar-refractivity contribution >= 4 is 34.5 Å². The van der Waals surface area contributed by atoms with Crippen molar-refractivity contribution in [3.8, 4) is 0 Å². The van der Waals surface area contributed by atoms with E-state index in [-0.39, 0.29) is 5.91 Å². The van der Waals surface area contributed by atoms with E-state index in [1.54, 1.807) is 23.5 Å². The number of nitrogens with zero attached hydrogens (tertiary/aromatic N) is 3. The summed E-state index contributed by atoms with van der Waals surface area (Å²) in [5.41, 5.74) is 1.19. The van der Waals surface area contributed by atoms with E-state index in [1.807, 2.05) is 24.3 Å². The highest BCUT2D eigenvalue weighted by atomic mass is 32.2. The topological polar surface area (TPSA) is 75.4 Å². The number of rotatable bonds is 2. The van der Waals surface area contributed by atoms with Crippen LogP contribution in [-0.2, 0) is 11.8 Å². The Labute approximate surface area is 125 Å². The first-order chi connectivity index (χ1) is 10.1. The molecule has 1 aliphatic rings. The van der Waals surface area contributed by atoms with Gasteiger partial charge in [0.15, 0.2) is 5.69 Å². The van der Waals surface area contributed by atoms with Crippen molar-refractivity contribution in [1.29, 1.82) is 0 Å². The number of para-hydroxylation sites is 1. The molecule has 1 aromatic carbocycles. The van der Waals surface area contributed by atoms with Crippen LogP contribution in [0.5, 0.6) is 0 Å². The monoisotopic (exact) mass is 305 g/mol. The number of aromatic nitrogens is 2. The zero-order valence-corrected chi connectivity index (χ0v) is 12.3. The average molecular weight is 305 g/mol. The van der Waals surface area contributed by atoms with Crippen LogP contribution in [0.15, 0.2) is 24.3 Å². The van der Waals surface area contributed by atoms with Gasteiger partial charge in [0, 0.05) is 30.5 Å². The van der Waals surface area contributed by atoms with Crippen LogP contribution in [0.1, 0.15) is 10.5 Å². The number of thioether (sulfide) groups is 1. The molecule has 0 aliphatic carbocycles. The van der Waals surface area contributed by atoms with Crippen molar-refractivity contribution in [3.05, 3.63) is 30.0 Å². The maximum Gasteiger partial charge on any atom is 0.327 e. The van der Waals surface area contributed by atoms with Gasteiger partial charge in [-0.15, -0.1) is 0 Å². The van der Waals surface area contributed by atoms with Crippen molar-refractivity contribution in [2.45, 2.75) is 6.04 Å². The maximum atomic E-state index is 12.7. The Morgan fingerprint density at radius 2 is 2.14 bits per heavy atom. The Morgan fingerprint density at radius 1 is 1.38 bits per heavy atom. The molecule has 3 rings (SSSR count). The predicted molar refractivity (Wildman–Crippen MR) is 80.5 cm³/mol. The Morgan fingerprint density at radius 3 is 2.90 bits per heavy atom. The van der Waals surface area contributed by atoms with Gasteiger partial charge in [0.25, 0.3) is 5.91 Å². The number of hydrogen-bond donors (Lipinski definition) is 1. The lowest BCUT2D eigenvalue weighted by Crippen LogP contribution is -2.50. The molecule has 1 unspecified atom stereocenters. The fourth-order valence-corrected chi connectivity index (χ4v) is 3.60. The van der Waals surface area contributed by atoms with Gasteiger partial charge in [-0.2, -0.15) is 16.9 Å². The predicted octanol–water partition coefficient (Wildman–Crippen LogP) is 1.22. The van der Waals surface area contributed by atoms with Crippen LogP contribution in [0.2, 0.25) is 0 Å². The van der Waals surface area contributed by atoms with E-state index in [0.29, 0.717) is 18.0 Å². The summed E-state index contributed by atoms with van der Waals surface area (Å²) in [6, 6.07) is 6.68. The number of carboxylic acids is 1. The standard InChI is InChI=1S/C14H15N3O3S/c1-16-10-5-3-2-4-9(10)12(15-16)13(18)17-6-7-21-8-11(17)14(19)20/h2-5,11H,6-8H2,1H3,(H,19,20). The molecule has 0 saturated carbocycles. The molecule has 0 spiro atoms. The van der Waals surface area contributed by atoms with Gasteiger partial charge in [0.05, 0.1) is 5.52 Å². The number of benzene rings is 1. The highest BCUT2D eigenvalue weighted by molar-refractivity contribution is 7.99. The van der Waals surface area contributed by atoms with Crippen molar-refractivity contribution < 1.29 is 14.7 Å². The second-order valence-corrected chi connectivity index (χ2v) is 6.07. The van der Waals surface area contributed by atoms with E-state index < -0.39 is 12.0 Å². The maximum absolute atomic E-state index is 12.7. The number of amides is 1. The largest absolute Gasteiger partial charge is 0.480 e. The molecular weight excluding hydrogens is 290 g/mol. The van der Waals surface area contributed by atoms with Gasteiger partial charge in [-0.3, -0.25) is 9.48 Å². The zero-order valence-electron chi connectivity index (χ0n) is 11.5. The lowest BCUT2D eigenvalue weighted by molar-refractivity contribution is -0.141. The number of aliphatic carboxylic acids is 1. The van der Waals surface area contributed by atoms with Crippen LogP contribution in [0.25, 0.3) is 10.9 Å². The molecule has 2 heterocycles. The lowest BCUT2D eigenvalue weighted by Gasteiger charge is -2.32. The summed E-state index contributed by atoms with van der Waals surface area (Å²) in [5, 5.41) is 14.3. The van der Waals surface area contributed by atoms with Gasteiger partial charge in [0.2, 0.25) is 0 Å². The summed E-state index contributed by atoms with van der Waals surface area (Å²) >= 11 is 1.56. The number of hydrogen-bond acceptors (Lipinski definition) is 4. The molecule has 6 nitrogen and oxygen atoms in total. The Balaban J connectivity index is 2.01. The van der Waals surface area contributed by atoms with Crippen LogP contribution in [0.3, 0.4) is 0 Å². The second kappa shape index (κ2) is 5.40. The first kappa shape index (κ1) is 13.9. The van der Waals surface area contributed by atoms with Gasteiger partial charge in [-0.05, 0) is 6.07 Å². The smallest absolute Gasteiger partial charge is 0.327 e. The third-order valence-electron chi connectivity index (χ3n) is 3.63. The van der Waals surface area contributed by atoms with Crippen molar-refractivity contribution in [2.75, 3.05) is 18.1 Å². The van der Waals surface area contributed by atoms with Crippen LogP contribution in [-0.4, -0.2) is 55.8 Å². The van der Waals surface area contributed by atoms with E-state index in [9.17, 15) is 14.7 Å². The Bertz CT molecular complexity index is 713. The lowest BCUT2D eigenvalue weighted by atomic mass is 10.1. The van der Waals surface area contributed by atoms with Crippen LogP contribution in [0, 0.1) is 0 Å². The second-order valence-electron chi connectivity index (χ2n) is 4.92. The number of aryl methyl sites for hydroxylation is 1. The summed E-state index contributed by atoms with van der Waals surface area (Å²) in [5.74, 6) is -0.0955. The Kier molecular flexibility index (Phi) is 3.59. The first-order valence-electron chi connectivity index (χ1n) is 6.63. The fourth-order valence-electron chi connectivity index (χ4n) is 2.56. The number of carboxylic acid groups (broad SMARTS) is 1. The molecule has 1 atom stereocenters. The van der Waals surface area contributed by atoms with E-state index in [4.69, 9.17) is 0 Å². The Hall–Kier alpha value is -2.02. The van der Waals surface area contributed by atoms with Crippen molar-refractivity contribution in [2.24, 2.45) is 7.05 Å². The minimum atomic E-state index is -0.962. The normalized spacial score (nSPS) is 18.9. The summed E-state index contributed by atoms with van der Waals surface area (Å²) in [6.45, 7) is 0.436. The van der Waals surface area contributed by atoms with Crippen LogP contribution in [0.4, 0.5) is 0 Å². The zero-order chi connectivity index (χ0) is 15.0. The van der Waals surface area contributed by atoms with E-state index in [1.165, 1.54) is 4.90 Å². The molecule has 21 heavy (non-hydrogen) atoms. The van der Waals surface area contributed by atoms with Crippen molar-refractivity contribution in [1.82, 2.24) is 14.7 Å². The van der Waals surface area contributed by atoms with E-state index in [2.05, 4.69) is 5.10 Å². The number of carbonyl (C=O) groups is 2. The molecule has 2 aromatic rings.